The summed E-state index contributed by atoms with van der Waals surface area (Å²) in [4.78, 5) is 16.6. The third-order valence-electron chi connectivity index (χ3n) is 5.94. The van der Waals surface area contributed by atoms with Gasteiger partial charge in [-0.05, 0) is 48.4 Å². The smallest absolute Gasteiger partial charge is 0.231 e. The van der Waals surface area contributed by atoms with Gasteiger partial charge in [-0.25, -0.2) is 18.2 Å². The molecule has 0 saturated heterocycles. The van der Waals surface area contributed by atoms with Crippen LogP contribution in [0.4, 0.5) is 18.9 Å². The number of carbonyl (C=O) groups excluding carboxylic acids is 1. The maximum absolute atomic E-state index is 14.0. The summed E-state index contributed by atoms with van der Waals surface area (Å²) in [5, 5.41) is 16.2. The minimum absolute atomic E-state index is 0.124. The highest BCUT2D eigenvalue weighted by molar-refractivity contribution is 5.91. The van der Waals surface area contributed by atoms with Gasteiger partial charge in [0, 0.05) is 30.2 Å². The quantitative estimate of drug-likeness (QED) is 0.207. The maximum Gasteiger partial charge on any atom is 0.231 e. The van der Waals surface area contributed by atoms with Crippen molar-refractivity contribution in [1.82, 2.24) is 14.9 Å². The molecule has 192 valence electrons. The Morgan fingerprint density at radius 3 is 2.46 bits per heavy atom. The summed E-state index contributed by atoms with van der Waals surface area (Å²) in [5.74, 6) is -3.32. The number of anilines is 1. The summed E-state index contributed by atoms with van der Waals surface area (Å²) in [5.41, 5.74) is 2.10. The number of imidazole rings is 1. The lowest BCUT2D eigenvalue weighted by atomic mass is 10.1. The van der Waals surface area contributed by atoms with E-state index in [4.69, 9.17) is 0 Å². The van der Waals surface area contributed by atoms with Gasteiger partial charge in [-0.15, -0.1) is 0 Å². The summed E-state index contributed by atoms with van der Waals surface area (Å²) in [7, 11) is 0. The SMILES string of the molecule is O=C(Cc1nccn1Cc1c(F)ccc(F)c1F)Nc1ccc(CCNCC(O)c2ccccc2)cc1. The minimum atomic E-state index is -1.26. The van der Waals surface area contributed by atoms with Gasteiger partial charge in [-0.2, -0.15) is 0 Å². The van der Waals surface area contributed by atoms with Gasteiger partial charge >= 0.3 is 0 Å². The lowest BCUT2D eigenvalue weighted by Gasteiger charge is -2.12. The van der Waals surface area contributed by atoms with Gasteiger partial charge in [0.15, 0.2) is 11.6 Å². The molecule has 1 unspecified atom stereocenters. The molecule has 37 heavy (non-hydrogen) atoms. The van der Waals surface area contributed by atoms with Crippen molar-refractivity contribution >= 4 is 11.6 Å². The number of benzene rings is 3. The molecule has 3 N–H and O–H groups in total. The van der Waals surface area contributed by atoms with Gasteiger partial charge < -0.3 is 20.3 Å². The zero-order chi connectivity index (χ0) is 26.2. The Balaban J connectivity index is 1.25. The van der Waals surface area contributed by atoms with Crippen molar-refractivity contribution in [1.29, 1.82) is 0 Å². The Morgan fingerprint density at radius 2 is 1.70 bits per heavy atom. The van der Waals surface area contributed by atoms with Gasteiger partial charge in [0.05, 0.1) is 19.1 Å². The highest BCUT2D eigenvalue weighted by Crippen LogP contribution is 2.18. The second-order valence-corrected chi connectivity index (χ2v) is 8.60. The van der Waals surface area contributed by atoms with Crippen LogP contribution in [0.1, 0.15) is 28.6 Å². The molecule has 0 aliphatic heterocycles. The zero-order valence-electron chi connectivity index (χ0n) is 20.0. The summed E-state index contributed by atoms with van der Waals surface area (Å²) in [6.07, 6.45) is 2.95. The van der Waals surface area contributed by atoms with E-state index >= 15 is 0 Å². The van der Waals surface area contributed by atoms with E-state index in [0.29, 0.717) is 24.6 Å². The fourth-order valence-electron chi connectivity index (χ4n) is 3.90. The lowest BCUT2D eigenvalue weighted by molar-refractivity contribution is -0.115. The Labute approximate surface area is 212 Å². The molecule has 9 heteroatoms. The third kappa shape index (κ3) is 7.05. The van der Waals surface area contributed by atoms with Crippen molar-refractivity contribution in [2.24, 2.45) is 0 Å². The van der Waals surface area contributed by atoms with Crippen LogP contribution in [0.5, 0.6) is 0 Å². The fraction of sp³-hybridized carbons (Fsp3) is 0.214. The van der Waals surface area contributed by atoms with Gasteiger partial charge in [-0.3, -0.25) is 4.79 Å². The number of nitrogens with zero attached hydrogens (tertiary/aromatic N) is 2. The Morgan fingerprint density at radius 1 is 0.973 bits per heavy atom. The molecule has 0 bridgehead atoms. The van der Waals surface area contributed by atoms with E-state index in [1.807, 2.05) is 42.5 Å². The van der Waals surface area contributed by atoms with Crippen molar-refractivity contribution in [2.75, 3.05) is 18.4 Å². The first-order valence-corrected chi connectivity index (χ1v) is 11.9. The highest BCUT2D eigenvalue weighted by atomic mass is 19.2. The monoisotopic (exact) mass is 508 g/mol. The van der Waals surface area contributed by atoms with Crippen molar-refractivity contribution in [3.63, 3.8) is 0 Å². The summed E-state index contributed by atoms with van der Waals surface area (Å²) < 4.78 is 43.0. The van der Waals surface area contributed by atoms with Crippen LogP contribution in [0.2, 0.25) is 0 Å². The van der Waals surface area contributed by atoms with Crippen LogP contribution in [-0.2, 0) is 24.2 Å². The van der Waals surface area contributed by atoms with Crippen LogP contribution in [0, 0.1) is 17.5 Å². The number of aliphatic hydroxyl groups excluding tert-OH is 1. The molecule has 0 fully saturated rings. The number of halogens is 3. The summed E-state index contributed by atoms with van der Waals surface area (Å²) in [6.45, 7) is 0.848. The van der Waals surface area contributed by atoms with Crippen molar-refractivity contribution < 1.29 is 23.1 Å². The molecule has 1 aromatic heterocycles. The standard InChI is InChI=1S/C28H27F3N4O2/c29-23-10-11-24(30)28(31)22(23)18-35-15-14-33-26(35)16-27(37)34-21-8-6-19(7-9-21)12-13-32-17-25(36)20-4-2-1-3-5-20/h1-11,14-15,25,32,36H,12-13,16-18H2,(H,34,37). The van der Waals surface area contributed by atoms with Gasteiger partial charge in [-0.1, -0.05) is 42.5 Å². The van der Waals surface area contributed by atoms with E-state index in [2.05, 4.69) is 15.6 Å². The average molecular weight is 509 g/mol. The molecule has 1 amide bonds. The topological polar surface area (TPSA) is 79.2 Å². The van der Waals surface area contributed by atoms with Crippen LogP contribution >= 0.6 is 0 Å². The Hall–Kier alpha value is -3.95. The van der Waals surface area contributed by atoms with E-state index in [0.717, 1.165) is 29.7 Å². The van der Waals surface area contributed by atoms with Crippen LogP contribution in [0.3, 0.4) is 0 Å². The first-order valence-electron chi connectivity index (χ1n) is 11.9. The normalized spacial score (nSPS) is 11.9. The fourth-order valence-corrected chi connectivity index (χ4v) is 3.90. The zero-order valence-corrected chi connectivity index (χ0v) is 20.0. The second kappa shape index (κ2) is 12.3. The Bertz CT molecular complexity index is 1330. The predicted octanol–water partition coefficient (Wildman–Crippen LogP) is 4.40. The molecule has 0 aliphatic rings. The van der Waals surface area contributed by atoms with E-state index in [1.165, 1.54) is 17.0 Å². The molecule has 0 saturated carbocycles. The number of rotatable bonds is 11. The van der Waals surface area contributed by atoms with Crippen molar-refractivity contribution in [3.05, 3.63) is 119 Å². The first-order chi connectivity index (χ1) is 17.9. The molecule has 4 aromatic rings. The van der Waals surface area contributed by atoms with Crippen molar-refractivity contribution in [2.45, 2.75) is 25.5 Å². The number of aliphatic hydroxyl groups is 1. The molecule has 6 nitrogen and oxygen atoms in total. The highest BCUT2D eigenvalue weighted by Gasteiger charge is 2.17. The van der Waals surface area contributed by atoms with E-state index < -0.39 is 29.1 Å². The average Bonchev–Trinajstić information content (AvgIpc) is 3.34. The molecular weight excluding hydrogens is 481 g/mol. The van der Waals surface area contributed by atoms with Crippen LogP contribution in [0.25, 0.3) is 0 Å². The van der Waals surface area contributed by atoms with E-state index in [9.17, 15) is 23.1 Å². The number of nitrogens with one attached hydrogen (secondary N) is 2. The van der Waals surface area contributed by atoms with Crippen LogP contribution in [-0.4, -0.2) is 33.7 Å². The third-order valence-corrected chi connectivity index (χ3v) is 5.94. The van der Waals surface area contributed by atoms with Crippen molar-refractivity contribution in [3.8, 4) is 0 Å². The molecule has 0 aliphatic carbocycles. The van der Waals surface area contributed by atoms with Gasteiger partial charge in [0.25, 0.3) is 0 Å². The number of amides is 1. The largest absolute Gasteiger partial charge is 0.387 e. The van der Waals surface area contributed by atoms with Gasteiger partial charge in [0.2, 0.25) is 5.91 Å². The summed E-state index contributed by atoms with van der Waals surface area (Å²) in [6, 6.07) is 18.4. The second-order valence-electron chi connectivity index (χ2n) is 8.60. The number of hydrogen-bond donors (Lipinski definition) is 3. The molecule has 1 heterocycles. The minimum Gasteiger partial charge on any atom is -0.387 e. The maximum atomic E-state index is 14.0. The molecule has 0 radical (unpaired) electrons. The molecular formula is C28H27F3N4O2. The van der Waals surface area contributed by atoms with Gasteiger partial charge in [0.1, 0.15) is 11.6 Å². The Kier molecular flexibility index (Phi) is 8.71. The van der Waals surface area contributed by atoms with Crippen LogP contribution < -0.4 is 10.6 Å². The summed E-state index contributed by atoms with van der Waals surface area (Å²) >= 11 is 0. The molecule has 4 rings (SSSR count). The molecule has 3 aromatic carbocycles. The van der Waals surface area contributed by atoms with Crippen LogP contribution in [0.15, 0.2) is 79.1 Å². The predicted molar refractivity (Wildman–Crippen MR) is 134 cm³/mol. The number of hydrogen-bond acceptors (Lipinski definition) is 4. The number of carbonyl (C=O) groups is 1. The lowest BCUT2D eigenvalue weighted by Crippen LogP contribution is -2.23. The first kappa shape index (κ1) is 26.1. The van der Waals surface area contributed by atoms with E-state index in [1.54, 1.807) is 12.1 Å². The molecule has 0 spiro atoms. The number of aromatic nitrogens is 2. The van der Waals surface area contributed by atoms with E-state index in [-0.39, 0.29) is 18.9 Å². The molecule has 1 atom stereocenters.